The molecule has 0 atom stereocenters. The van der Waals surface area contributed by atoms with Crippen molar-refractivity contribution < 1.29 is 4.74 Å². The van der Waals surface area contributed by atoms with Crippen LogP contribution in [0.15, 0.2) is 61.2 Å². The van der Waals surface area contributed by atoms with E-state index in [9.17, 15) is 0 Å². The van der Waals surface area contributed by atoms with Crippen molar-refractivity contribution in [2.24, 2.45) is 11.1 Å². The Balaban J connectivity index is 1.97. The molecule has 0 radical (unpaired) electrons. The van der Waals surface area contributed by atoms with Gasteiger partial charge < -0.3 is 15.4 Å². The van der Waals surface area contributed by atoms with Crippen molar-refractivity contribution in [3.63, 3.8) is 0 Å². The molecular weight excluding hydrogens is 344 g/mol. The van der Waals surface area contributed by atoms with Gasteiger partial charge in [0, 0.05) is 18.8 Å². The fourth-order valence-electron chi connectivity index (χ4n) is 2.97. The SMILES string of the molecule is C=C(c1ccc(OCc2ccccc2)cc1)N(CCCCN)CCC(C)(C)C. The lowest BCUT2D eigenvalue weighted by Crippen LogP contribution is -2.27. The Morgan fingerprint density at radius 1 is 0.964 bits per heavy atom. The van der Waals surface area contributed by atoms with Crippen molar-refractivity contribution in [2.45, 2.75) is 46.6 Å². The first kappa shape index (κ1) is 22.0. The van der Waals surface area contributed by atoms with Crippen LogP contribution in [0.3, 0.4) is 0 Å². The van der Waals surface area contributed by atoms with E-state index in [1.165, 1.54) is 5.56 Å². The van der Waals surface area contributed by atoms with Gasteiger partial charge in [-0.15, -0.1) is 0 Å². The summed E-state index contributed by atoms with van der Waals surface area (Å²) < 4.78 is 5.90. The van der Waals surface area contributed by atoms with Crippen molar-refractivity contribution >= 4 is 5.70 Å². The largest absolute Gasteiger partial charge is 0.489 e. The Morgan fingerprint density at radius 3 is 2.25 bits per heavy atom. The summed E-state index contributed by atoms with van der Waals surface area (Å²) in [6.45, 7) is 14.6. The van der Waals surface area contributed by atoms with E-state index < -0.39 is 0 Å². The molecule has 0 amide bonds. The van der Waals surface area contributed by atoms with E-state index in [1.807, 2.05) is 30.3 Å². The lowest BCUT2D eigenvalue weighted by Gasteiger charge is -2.30. The summed E-state index contributed by atoms with van der Waals surface area (Å²) in [5.41, 5.74) is 9.38. The Morgan fingerprint density at radius 2 is 1.64 bits per heavy atom. The van der Waals surface area contributed by atoms with Gasteiger partial charge in [-0.3, -0.25) is 0 Å². The van der Waals surface area contributed by atoms with Crippen LogP contribution in [0.25, 0.3) is 5.70 Å². The molecular formula is C25H36N2O. The third-order valence-electron chi connectivity index (χ3n) is 4.83. The number of benzene rings is 2. The van der Waals surface area contributed by atoms with E-state index in [0.29, 0.717) is 12.0 Å². The highest BCUT2D eigenvalue weighted by molar-refractivity contribution is 5.62. The molecule has 0 spiro atoms. The first-order valence-corrected chi connectivity index (χ1v) is 10.3. The predicted molar refractivity (Wildman–Crippen MR) is 120 cm³/mol. The standard InChI is InChI=1S/C25H36N2O/c1-21(27(18-9-8-17-26)19-16-25(2,3)4)23-12-14-24(15-13-23)28-20-22-10-6-5-7-11-22/h5-7,10-15H,1,8-9,16-20,26H2,2-4H3. The first-order valence-electron chi connectivity index (χ1n) is 10.3. The van der Waals surface area contributed by atoms with E-state index >= 15 is 0 Å². The molecule has 2 rings (SSSR count). The molecule has 0 saturated carbocycles. The minimum Gasteiger partial charge on any atom is -0.489 e. The molecule has 152 valence electrons. The Labute approximate surface area is 171 Å². The number of nitrogens with zero attached hydrogens (tertiary/aromatic N) is 1. The fraction of sp³-hybridized carbons (Fsp3) is 0.440. The third-order valence-corrected chi connectivity index (χ3v) is 4.83. The molecule has 0 heterocycles. The number of rotatable bonds is 11. The van der Waals surface area contributed by atoms with Gasteiger partial charge in [-0.2, -0.15) is 0 Å². The normalized spacial score (nSPS) is 11.3. The van der Waals surface area contributed by atoms with E-state index in [2.05, 4.69) is 56.5 Å². The van der Waals surface area contributed by atoms with Gasteiger partial charge in [0.15, 0.2) is 0 Å². The number of unbranched alkanes of at least 4 members (excludes halogenated alkanes) is 1. The average molecular weight is 381 g/mol. The smallest absolute Gasteiger partial charge is 0.119 e. The monoisotopic (exact) mass is 380 g/mol. The van der Waals surface area contributed by atoms with Crippen LogP contribution >= 0.6 is 0 Å². The summed E-state index contributed by atoms with van der Waals surface area (Å²) in [6, 6.07) is 18.5. The highest BCUT2D eigenvalue weighted by atomic mass is 16.5. The van der Waals surface area contributed by atoms with E-state index in [0.717, 1.165) is 55.9 Å². The molecule has 2 N–H and O–H groups in total. The van der Waals surface area contributed by atoms with Gasteiger partial charge in [-0.25, -0.2) is 0 Å². The summed E-state index contributed by atoms with van der Waals surface area (Å²) in [6.07, 6.45) is 3.27. The second kappa shape index (κ2) is 10.9. The number of hydrogen-bond acceptors (Lipinski definition) is 3. The highest BCUT2D eigenvalue weighted by Gasteiger charge is 2.15. The van der Waals surface area contributed by atoms with Gasteiger partial charge in [0.05, 0.1) is 0 Å². The molecule has 0 bridgehead atoms. The fourth-order valence-corrected chi connectivity index (χ4v) is 2.97. The van der Waals surface area contributed by atoms with Gasteiger partial charge in [0.25, 0.3) is 0 Å². The van der Waals surface area contributed by atoms with Crippen molar-refractivity contribution in [1.82, 2.24) is 4.90 Å². The summed E-state index contributed by atoms with van der Waals surface area (Å²) in [7, 11) is 0. The van der Waals surface area contributed by atoms with E-state index in [4.69, 9.17) is 10.5 Å². The van der Waals surface area contributed by atoms with Crippen molar-refractivity contribution in [2.75, 3.05) is 19.6 Å². The summed E-state index contributed by atoms with van der Waals surface area (Å²) in [5, 5.41) is 0. The third kappa shape index (κ3) is 7.77. The molecule has 3 nitrogen and oxygen atoms in total. The molecule has 0 saturated heterocycles. The molecule has 2 aromatic carbocycles. The second-order valence-corrected chi connectivity index (χ2v) is 8.54. The summed E-state index contributed by atoms with van der Waals surface area (Å²) >= 11 is 0. The Hall–Kier alpha value is -2.26. The molecule has 0 aromatic heterocycles. The van der Waals surface area contributed by atoms with Crippen LogP contribution in [0.5, 0.6) is 5.75 Å². The second-order valence-electron chi connectivity index (χ2n) is 8.54. The van der Waals surface area contributed by atoms with Crippen molar-refractivity contribution in [3.05, 3.63) is 72.3 Å². The molecule has 0 aliphatic rings. The maximum absolute atomic E-state index is 5.90. The highest BCUT2D eigenvalue weighted by Crippen LogP contribution is 2.25. The summed E-state index contributed by atoms with van der Waals surface area (Å²) in [5.74, 6) is 0.879. The molecule has 0 fully saturated rings. The van der Waals surface area contributed by atoms with Gasteiger partial charge >= 0.3 is 0 Å². The quantitative estimate of drug-likeness (QED) is 0.507. The van der Waals surface area contributed by atoms with Crippen molar-refractivity contribution in [3.8, 4) is 5.75 Å². The Bertz CT molecular complexity index is 702. The van der Waals surface area contributed by atoms with Crippen LogP contribution in [0.4, 0.5) is 0 Å². The average Bonchev–Trinajstić information content (AvgIpc) is 2.69. The minimum absolute atomic E-state index is 0.307. The summed E-state index contributed by atoms with van der Waals surface area (Å²) in [4.78, 5) is 2.40. The number of hydrogen-bond donors (Lipinski definition) is 1. The number of ether oxygens (including phenoxy) is 1. The minimum atomic E-state index is 0.307. The topological polar surface area (TPSA) is 38.5 Å². The first-order chi connectivity index (χ1) is 13.4. The molecule has 3 heteroatoms. The predicted octanol–water partition coefficient (Wildman–Crippen LogP) is 5.71. The van der Waals surface area contributed by atoms with Crippen LogP contribution in [0, 0.1) is 5.41 Å². The molecule has 0 aliphatic heterocycles. The van der Waals surface area contributed by atoms with E-state index in [1.54, 1.807) is 0 Å². The number of nitrogens with two attached hydrogens (primary N) is 1. The zero-order valence-corrected chi connectivity index (χ0v) is 17.8. The van der Waals surface area contributed by atoms with Crippen LogP contribution < -0.4 is 10.5 Å². The van der Waals surface area contributed by atoms with Crippen LogP contribution in [0.1, 0.15) is 51.2 Å². The molecule has 0 aliphatic carbocycles. The molecule has 0 unspecified atom stereocenters. The molecule has 28 heavy (non-hydrogen) atoms. The maximum Gasteiger partial charge on any atom is 0.119 e. The lowest BCUT2D eigenvalue weighted by atomic mass is 9.92. The molecule has 2 aromatic rings. The lowest BCUT2D eigenvalue weighted by molar-refractivity contribution is 0.293. The van der Waals surface area contributed by atoms with Gasteiger partial charge in [-0.05, 0) is 66.6 Å². The van der Waals surface area contributed by atoms with E-state index in [-0.39, 0.29) is 0 Å². The van der Waals surface area contributed by atoms with Gasteiger partial charge in [0.2, 0.25) is 0 Å². The Kier molecular flexibility index (Phi) is 8.59. The van der Waals surface area contributed by atoms with Crippen LogP contribution in [0.2, 0.25) is 0 Å². The van der Waals surface area contributed by atoms with Crippen molar-refractivity contribution in [1.29, 1.82) is 0 Å². The maximum atomic E-state index is 5.90. The van der Waals surface area contributed by atoms with Crippen LogP contribution in [-0.4, -0.2) is 24.5 Å². The zero-order chi connectivity index (χ0) is 20.4. The zero-order valence-electron chi connectivity index (χ0n) is 17.8. The van der Waals surface area contributed by atoms with Gasteiger partial charge in [-0.1, -0.05) is 57.7 Å². The van der Waals surface area contributed by atoms with Gasteiger partial charge in [0.1, 0.15) is 12.4 Å². The van der Waals surface area contributed by atoms with Crippen LogP contribution in [-0.2, 0) is 6.61 Å².